The van der Waals surface area contributed by atoms with Crippen LogP contribution in [0.2, 0.25) is 0 Å². The van der Waals surface area contributed by atoms with Crippen LogP contribution in [-0.4, -0.2) is 22.4 Å². The third-order valence-corrected chi connectivity index (χ3v) is 3.52. The average molecular weight is 344 g/mol. The number of anilines is 1. The summed E-state index contributed by atoms with van der Waals surface area (Å²) in [7, 11) is 0. The Bertz CT molecular complexity index is 764. The molecule has 0 aliphatic carbocycles. The van der Waals surface area contributed by atoms with Gasteiger partial charge in [-0.1, -0.05) is 31.2 Å². The van der Waals surface area contributed by atoms with Crippen LogP contribution in [0.4, 0.5) is 11.5 Å². The molecular formula is C17H20N4O4. The number of amides is 1. The van der Waals surface area contributed by atoms with Crippen molar-refractivity contribution in [1.29, 1.82) is 0 Å². The van der Waals surface area contributed by atoms with Crippen molar-refractivity contribution < 1.29 is 14.5 Å². The molecule has 0 aliphatic heterocycles. The molecule has 1 aromatic heterocycles. The Morgan fingerprint density at radius 1 is 1.36 bits per heavy atom. The largest absolute Gasteiger partial charge is 0.377 e. The number of nitro groups is 1. The molecule has 8 heteroatoms. The van der Waals surface area contributed by atoms with Crippen molar-refractivity contribution in [2.45, 2.75) is 26.5 Å². The Hall–Kier alpha value is -3.00. The van der Waals surface area contributed by atoms with Gasteiger partial charge in [-0.15, -0.1) is 0 Å². The van der Waals surface area contributed by atoms with Gasteiger partial charge in [-0.25, -0.2) is 4.98 Å². The van der Waals surface area contributed by atoms with Crippen molar-refractivity contribution in [1.82, 2.24) is 4.98 Å². The highest BCUT2D eigenvalue weighted by atomic mass is 16.6. The number of benzene rings is 1. The van der Waals surface area contributed by atoms with Crippen molar-refractivity contribution >= 4 is 17.4 Å². The van der Waals surface area contributed by atoms with E-state index in [9.17, 15) is 14.9 Å². The molecule has 132 valence electrons. The van der Waals surface area contributed by atoms with Crippen LogP contribution in [0.15, 0.2) is 36.5 Å². The Labute approximate surface area is 145 Å². The van der Waals surface area contributed by atoms with E-state index in [1.165, 1.54) is 0 Å². The van der Waals surface area contributed by atoms with E-state index in [-0.39, 0.29) is 17.1 Å². The lowest BCUT2D eigenvalue weighted by atomic mass is 10.1. The second-order valence-corrected chi connectivity index (χ2v) is 5.39. The maximum Gasteiger partial charge on any atom is 0.288 e. The number of nitrogens with zero attached hydrogens (tertiary/aromatic N) is 2. The summed E-state index contributed by atoms with van der Waals surface area (Å²) < 4.78 is 5.57. The summed E-state index contributed by atoms with van der Waals surface area (Å²) in [6, 6.07) is 8.84. The van der Waals surface area contributed by atoms with E-state index < -0.39 is 10.8 Å². The highest BCUT2D eigenvalue weighted by Gasteiger charge is 2.16. The molecule has 8 nitrogen and oxygen atoms in total. The number of pyridine rings is 1. The molecule has 0 saturated heterocycles. The van der Waals surface area contributed by atoms with Crippen LogP contribution in [0, 0.1) is 10.1 Å². The minimum atomic E-state index is -0.779. The molecule has 0 atom stereocenters. The monoisotopic (exact) mass is 344 g/mol. The quantitative estimate of drug-likeness (QED) is 0.410. The van der Waals surface area contributed by atoms with Gasteiger partial charge in [0.25, 0.3) is 11.6 Å². The minimum Gasteiger partial charge on any atom is -0.377 e. The van der Waals surface area contributed by atoms with E-state index in [4.69, 9.17) is 10.5 Å². The SMILES string of the molecule is CCCOCc1ccccc1CNc1ncc([N+](=O)[O-])cc1C(N)=O. The third kappa shape index (κ3) is 4.98. The smallest absolute Gasteiger partial charge is 0.288 e. The normalized spacial score (nSPS) is 10.4. The highest BCUT2D eigenvalue weighted by molar-refractivity contribution is 5.98. The first-order chi connectivity index (χ1) is 12.0. The summed E-state index contributed by atoms with van der Waals surface area (Å²) in [5.41, 5.74) is 7.00. The molecule has 0 bridgehead atoms. The Kier molecular flexibility index (Phi) is 6.41. The zero-order chi connectivity index (χ0) is 18.2. The lowest BCUT2D eigenvalue weighted by Crippen LogP contribution is -2.16. The summed E-state index contributed by atoms with van der Waals surface area (Å²) in [5, 5.41) is 13.8. The number of primary amides is 1. The van der Waals surface area contributed by atoms with Gasteiger partial charge in [0.15, 0.2) is 0 Å². The van der Waals surface area contributed by atoms with Gasteiger partial charge in [0.05, 0.1) is 17.1 Å². The van der Waals surface area contributed by atoms with Crippen molar-refractivity contribution in [3.8, 4) is 0 Å². The molecule has 25 heavy (non-hydrogen) atoms. The average Bonchev–Trinajstić information content (AvgIpc) is 2.60. The number of aromatic nitrogens is 1. The Morgan fingerprint density at radius 2 is 2.08 bits per heavy atom. The summed E-state index contributed by atoms with van der Waals surface area (Å²) >= 11 is 0. The number of nitrogens with two attached hydrogens (primary N) is 1. The fraction of sp³-hybridized carbons (Fsp3) is 0.294. The molecule has 0 radical (unpaired) electrons. The zero-order valence-electron chi connectivity index (χ0n) is 13.9. The molecule has 0 aliphatic rings. The van der Waals surface area contributed by atoms with E-state index >= 15 is 0 Å². The molecule has 1 amide bonds. The van der Waals surface area contributed by atoms with Crippen molar-refractivity contribution in [2.75, 3.05) is 11.9 Å². The number of ether oxygens (including phenoxy) is 1. The Balaban J connectivity index is 2.16. The molecule has 0 unspecified atom stereocenters. The lowest BCUT2D eigenvalue weighted by molar-refractivity contribution is -0.385. The van der Waals surface area contributed by atoms with Crippen LogP contribution in [0.1, 0.15) is 34.8 Å². The fourth-order valence-electron chi connectivity index (χ4n) is 2.26. The van der Waals surface area contributed by atoms with Gasteiger partial charge in [0.2, 0.25) is 0 Å². The Morgan fingerprint density at radius 3 is 2.72 bits per heavy atom. The second kappa shape index (κ2) is 8.74. The fourth-order valence-corrected chi connectivity index (χ4v) is 2.26. The molecule has 1 heterocycles. The van der Waals surface area contributed by atoms with Crippen LogP contribution in [0.5, 0.6) is 0 Å². The maximum atomic E-state index is 11.5. The van der Waals surface area contributed by atoms with Crippen molar-refractivity contribution in [3.63, 3.8) is 0 Å². The first kappa shape index (κ1) is 18.3. The van der Waals surface area contributed by atoms with Gasteiger partial charge < -0.3 is 15.8 Å². The number of rotatable bonds is 9. The van der Waals surface area contributed by atoms with Gasteiger partial charge >= 0.3 is 0 Å². The summed E-state index contributed by atoms with van der Waals surface area (Å²) in [6.07, 6.45) is 2.03. The van der Waals surface area contributed by atoms with Gasteiger partial charge in [-0.3, -0.25) is 14.9 Å². The van der Waals surface area contributed by atoms with Gasteiger partial charge in [-0.2, -0.15) is 0 Å². The topological polar surface area (TPSA) is 120 Å². The number of hydrogen-bond donors (Lipinski definition) is 2. The first-order valence-corrected chi connectivity index (χ1v) is 7.85. The summed E-state index contributed by atoms with van der Waals surface area (Å²) in [5.74, 6) is -0.569. The lowest BCUT2D eigenvalue weighted by Gasteiger charge is -2.12. The van der Waals surface area contributed by atoms with E-state index in [2.05, 4.69) is 10.3 Å². The molecule has 1 aromatic carbocycles. The number of carbonyl (C=O) groups is 1. The highest BCUT2D eigenvalue weighted by Crippen LogP contribution is 2.20. The number of carbonyl (C=O) groups excluding carboxylic acids is 1. The summed E-state index contributed by atoms with van der Waals surface area (Å²) in [6.45, 7) is 3.59. The predicted molar refractivity (Wildman–Crippen MR) is 93.1 cm³/mol. The second-order valence-electron chi connectivity index (χ2n) is 5.39. The van der Waals surface area contributed by atoms with Crippen LogP contribution >= 0.6 is 0 Å². The van der Waals surface area contributed by atoms with E-state index in [0.29, 0.717) is 19.8 Å². The van der Waals surface area contributed by atoms with Crippen LogP contribution in [0.3, 0.4) is 0 Å². The third-order valence-electron chi connectivity index (χ3n) is 3.52. The molecule has 2 rings (SSSR count). The van der Waals surface area contributed by atoms with Crippen LogP contribution in [0.25, 0.3) is 0 Å². The van der Waals surface area contributed by atoms with Gasteiger partial charge in [-0.05, 0) is 17.5 Å². The predicted octanol–water partition coefficient (Wildman–Crippen LogP) is 2.63. The van der Waals surface area contributed by atoms with E-state index in [1.54, 1.807) is 0 Å². The number of hydrogen-bond acceptors (Lipinski definition) is 6. The zero-order valence-corrected chi connectivity index (χ0v) is 13.9. The van der Waals surface area contributed by atoms with E-state index in [0.717, 1.165) is 29.8 Å². The van der Waals surface area contributed by atoms with Crippen molar-refractivity contribution in [3.05, 3.63) is 63.3 Å². The molecule has 2 aromatic rings. The molecular weight excluding hydrogens is 324 g/mol. The minimum absolute atomic E-state index is 0.0195. The first-order valence-electron chi connectivity index (χ1n) is 7.85. The van der Waals surface area contributed by atoms with Crippen LogP contribution in [-0.2, 0) is 17.9 Å². The standard InChI is InChI=1S/C17H20N4O4/c1-2-7-25-11-13-6-4-3-5-12(13)9-19-17-15(16(18)22)8-14(10-20-17)21(23)24/h3-6,8,10H,2,7,9,11H2,1H3,(H2,18,22)(H,19,20). The molecule has 0 saturated carbocycles. The van der Waals surface area contributed by atoms with Crippen LogP contribution < -0.4 is 11.1 Å². The molecule has 3 N–H and O–H groups in total. The van der Waals surface area contributed by atoms with Gasteiger partial charge in [0.1, 0.15) is 12.0 Å². The summed E-state index contributed by atoms with van der Waals surface area (Å²) in [4.78, 5) is 25.7. The molecule has 0 fully saturated rings. The maximum absolute atomic E-state index is 11.5. The van der Waals surface area contributed by atoms with Crippen molar-refractivity contribution in [2.24, 2.45) is 5.73 Å². The van der Waals surface area contributed by atoms with Gasteiger partial charge in [0, 0.05) is 19.2 Å². The molecule has 0 spiro atoms. The number of nitrogens with one attached hydrogen (secondary N) is 1. The van der Waals surface area contributed by atoms with E-state index in [1.807, 2.05) is 31.2 Å².